The van der Waals surface area contributed by atoms with Crippen LogP contribution in [0.5, 0.6) is 0 Å². The molecule has 1 aliphatic rings. The molecule has 1 unspecified atom stereocenters. The van der Waals surface area contributed by atoms with Crippen LogP contribution in [-0.2, 0) is 0 Å². The fourth-order valence-electron chi connectivity index (χ4n) is 3.03. The third-order valence-corrected chi connectivity index (χ3v) is 4.26. The lowest BCUT2D eigenvalue weighted by Gasteiger charge is -2.35. The van der Waals surface area contributed by atoms with Gasteiger partial charge in [-0.15, -0.1) is 0 Å². The van der Waals surface area contributed by atoms with Gasteiger partial charge in [0.05, 0.1) is 11.6 Å². The average Bonchev–Trinajstić information content (AvgIpc) is 2.61. The van der Waals surface area contributed by atoms with Gasteiger partial charge in [-0.25, -0.2) is 14.4 Å². The smallest absolute Gasteiger partial charge is 0.133 e. The van der Waals surface area contributed by atoms with E-state index in [4.69, 9.17) is 5.26 Å². The summed E-state index contributed by atoms with van der Waals surface area (Å²) in [5.74, 6) is 1.24. The molecule has 1 aliphatic heterocycles. The SMILES string of the molecule is CN(C)c1cc(NC2CCCN(c3cc(F)cc(C#N)c3)C2)ncn1. The van der Waals surface area contributed by atoms with Gasteiger partial charge in [0, 0.05) is 45.0 Å². The molecular formula is C18H21FN6. The molecule has 0 saturated carbocycles. The van der Waals surface area contributed by atoms with Gasteiger partial charge >= 0.3 is 0 Å². The molecule has 130 valence electrons. The Morgan fingerprint density at radius 1 is 1.28 bits per heavy atom. The third kappa shape index (κ3) is 4.15. The predicted octanol–water partition coefficient (Wildman–Crippen LogP) is 2.63. The number of aromatic nitrogens is 2. The molecule has 1 saturated heterocycles. The van der Waals surface area contributed by atoms with Crippen LogP contribution in [0.3, 0.4) is 0 Å². The number of nitrogens with zero attached hydrogens (tertiary/aromatic N) is 5. The van der Waals surface area contributed by atoms with E-state index in [1.807, 2.05) is 31.1 Å². The summed E-state index contributed by atoms with van der Waals surface area (Å²) < 4.78 is 13.7. The van der Waals surface area contributed by atoms with Gasteiger partial charge in [-0.05, 0) is 31.0 Å². The summed E-state index contributed by atoms with van der Waals surface area (Å²) in [5, 5.41) is 12.5. The Kier molecular flexibility index (Phi) is 4.98. The van der Waals surface area contributed by atoms with Gasteiger partial charge in [0.25, 0.3) is 0 Å². The second-order valence-electron chi connectivity index (χ2n) is 6.40. The van der Waals surface area contributed by atoms with Crippen molar-refractivity contribution in [1.29, 1.82) is 5.26 Å². The maximum Gasteiger partial charge on any atom is 0.133 e. The minimum Gasteiger partial charge on any atom is -0.369 e. The fourth-order valence-corrected chi connectivity index (χ4v) is 3.03. The quantitative estimate of drug-likeness (QED) is 0.923. The molecule has 3 rings (SSSR count). The summed E-state index contributed by atoms with van der Waals surface area (Å²) in [5.41, 5.74) is 1.09. The summed E-state index contributed by atoms with van der Waals surface area (Å²) in [6, 6.07) is 8.60. The maximum atomic E-state index is 13.7. The number of nitriles is 1. The third-order valence-electron chi connectivity index (χ3n) is 4.26. The maximum absolute atomic E-state index is 13.7. The Morgan fingerprint density at radius 3 is 2.88 bits per heavy atom. The van der Waals surface area contributed by atoms with Crippen LogP contribution < -0.4 is 15.1 Å². The van der Waals surface area contributed by atoms with Gasteiger partial charge in [0.1, 0.15) is 23.8 Å². The number of anilines is 3. The number of hydrogen-bond acceptors (Lipinski definition) is 6. The van der Waals surface area contributed by atoms with E-state index in [9.17, 15) is 4.39 Å². The molecule has 25 heavy (non-hydrogen) atoms. The zero-order valence-corrected chi connectivity index (χ0v) is 14.4. The number of nitrogens with one attached hydrogen (secondary N) is 1. The van der Waals surface area contributed by atoms with Crippen molar-refractivity contribution in [2.75, 3.05) is 42.3 Å². The number of benzene rings is 1. The van der Waals surface area contributed by atoms with Crippen molar-refractivity contribution in [1.82, 2.24) is 9.97 Å². The van der Waals surface area contributed by atoms with Crippen molar-refractivity contribution in [3.63, 3.8) is 0 Å². The zero-order chi connectivity index (χ0) is 17.8. The van der Waals surface area contributed by atoms with Crippen LogP contribution in [0, 0.1) is 17.1 Å². The van der Waals surface area contributed by atoms with Crippen molar-refractivity contribution in [3.8, 4) is 6.07 Å². The number of hydrogen-bond donors (Lipinski definition) is 1. The van der Waals surface area contributed by atoms with Gasteiger partial charge in [0.2, 0.25) is 0 Å². The first-order chi connectivity index (χ1) is 12.0. The summed E-state index contributed by atoms with van der Waals surface area (Å²) in [4.78, 5) is 12.5. The number of piperidine rings is 1. The van der Waals surface area contributed by atoms with E-state index in [1.165, 1.54) is 12.1 Å². The van der Waals surface area contributed by atoms with E-state index >= 15 is 0 Å². The monoisotopic (exact) mass is 340 g/mol. The van der Waals surface area contributed by atoms with E-state index in [0.717, 1.165) is 43.3 Å². The average molecular weight is 340 g/mol. The minimum absolute atomic E-state index is 0.201. The van der Waals surface area contributed by atoms with Gasteiger partial charge in [-0.3, -0.25) is 0 Å². The van der Waals surface area contributed by atoms with E-state index in [1.54, 1.807) is 12.4 Å². The summed E-state index contributed by atoms with van der Waals surface area (Å²) in [6.45, 7) is 1.58. The molecule has 2 heterocycles. The largest absolute Gasteiger partial charge is 0.369 e. The Morgan fingerprint density at radius 2 is 2.12 bits per heavy atom. The standard InChI is InChI=1S/C18H21FN6/c1-24(2)18-9-17(21-12-22-18)23-15-4-3-5-25(11-15)16-7-13(10-20)6-14(19)8-16/h6-9,12,15H,3-5,11H2,1-2H3,(H,21,22,23). The van der Waals surface area contributed by atoms with Crippen LogP contribution in [0.25, 0.3) is 0 Å². The van der Waals surface area contributed by atoms with Crippen LogP contribution in [0.2, 0.25) is 0 Å². The van der Waals surface area contributed by atoms with Gasteiger partial charge < -0.3 is 15.1 Å². The molecule has 6 nitrogen and oxygen atoms in total. The predicted molar refractivity (Wildman–Crippen MR) is 96.3 cm³/mol. The second kappa shape index (κ2) is 7.34. The first kappa shape index (κ1) is 17.0. The highest BCUT2D eigenvalue weighted by atomic mass is 19.1. The van der Waals surface area contributed by atoms with Crippen molar-refractivity contribution in [2.24, 2.45) is 0 Å². The van der Waals surface area contributed by atoms with E-state index in [-0.39, 0.29) is 11.9 Å². The molecule has 1 aromatic carbocycles. The molecule has 0 amide bonds. The van der Waals surface area contributed by atoms with Crippen molar-refractivity contribution in [2.45, 2.75) is 18.9 Å². The van der Waals surface area contributed by atoms with Crippen molar-refractivity contribution < 1.29 is 4.39 Å². The number of halogens is 1. The Hall–Kier alpha value is -2.88. The molecule has 1 N–H and O–H groups in total. The van der Waals surface area contributed by atoms with Gasteiger partial charge in [-0.2, -0.15) is 5.26 Å². The van der Waals surface area contributed by atoms with Crippen LogP contribution in [-0.4, -0.2) is 43.2 Å². The molecule has 7 heteroatoms. The number of rotatable bonds is 4. The van der Waals surface area contributed by atoms with Crippen LogP contribution >= 0.6 is 0 Å². The first-order valence-electron chi connectivity index (χ1n) is 8.26. The fraction of sp³-hybridized carbons (Fsp3) is 0.389. The lowest BCUT2D eigenvalue weighted by Crippen LogP contribution is -2.42. The Balaban J connectivity index is 1.72. The lowest BCUT2D eigenvalue weighted by molar-refractivity contribution is 0.527. The van der Waals surface area contributed by atoms with Crippen LogP contribution in [0.4, 0.5) is 21.7 Å². The highest BCUT2D eigenvalue weighted by Gasteiger charge is 2.21. The van der Waals surface area contributed by atoms with Crippen LogP contribution in [0.1, 0.15) is 18.4 Å². The molecule has 0 bridgehead atoms. The molecule has 1 fully saturated rings. The Labute approximate surface area is 146 Å². The van der Waals surface area contributed by atoms with E-state index in [2.05, 4.69) is 20.2 Å². The highest BCUT2D eigenvalue weighted by Crippen LogP contribution is 2.24. The zero-order valence-electron chi connectivity index (χ0n) is 14.4. The molecule has 1 atom stereocenters. The summed E-state index contributed by atoms with van der Waals surface area (Å²) in [7, 11) is 3.87. The second-order valence-corrected chi connectivity index (χ2v) is 6.40. The van der Waals surface area contributed by atoms with Gasteiger partial charge in [-0.1, -0.05) is 0 Å². The molecule has 0 radical (unpaired) electrons. The minimum atomic E-state index is -0.379. The van der Waals surface area contributed by atoms with Crippen molar-refractivity contribution in [3.05, 3.63) is 42.0 Å². The first-order valence-corrected chi connectivity index (χ1v) is 8.26. The Bertz CT molecular complexity index is 785. The molecule has 0 aliphatic carbocycles. The highest BCUT2D eigenvalue weighted by molar-refractivity contribution is 5.53. The lowest BCUT2D eigenvalue weighted by atomic mass is 10.0. The van der Waals surface area contributed by atoms with Gasteiger partial charge in [0.15, 0.2) is 0 Å². The van der Waals surface area contributed by atoms with Crippen molar-refractivity contribution >= 4 is 17.3 Å². The van der Waals surface area contributed by atoms with E-state index in [0.29, 0.717) is 5.56 Å². The molecule has 1 aromatic heterocycles. The van der Waals surface area contributed by atoms with Crippen LogP contribution in [0.15, 0.2) is 30.6 Å². The molecule has 2 aromatic rings. The normalized spacial score (nSPS) is 17.0. The van der Waals surface area contributed by atoms with E-state index < -0.39 is 0 Å². The topological polar surface area (TPSA) is 68.1 Å². The molecule has 0 spiro atoms. The summed E-state index contributed by atoms with van der Waals surface area (Å²) >= 11 is 0. The summed E-state index contributed by atoms with van der Waals surface area (Å²) in [6.07, 6.45) is 3.55. The molecular weight excluding hydrogens is 319 g/mol.